The molecule has 0 N–H and O–H groups in total. The van der Waals surface area contributed by atoms with Crippen molar-refractivity contribution in [3.63, 3.8) is 0 Å². The van der Waals surface area contributed by atoms with Crippen LogP contribution in [0.1, 0.15) is 13.8 Å². The number of nitro groups is 1. The van der Waals surface area contributed by atoms with E-state index in [4.69, 9.17) is 0 Å². The molecule has 10 heavy (non-hydrogen) atoms. The van der Waals surface area contributed by atoms with Crippen LogP contribution >= 0.6 is 0 Å². The van der Waals surface area contributed by atoms with E-state index >= 15 is 0 Å². The van der Waals surface area contributed by atoms with Crippen LogP contribution in [0.2, 0.25) is 0 Å². The minimum absolute atomic E-state index is 0.401. The molecule has 0 aliphatic carbocycles. The topological polar surface area (TPSA) is 69.4 Å². The molecule has 0 aromatic carbocycles. The first-order chi connectivity index (χ1) is 4.48. The van der Waals surface area contributed by atoms with Gasteiger partial charge in [0, 0.05) is 4.92 Å². The van der Waals surface area contributed by atoms with E-state index in [2.05, 4.69) is 4.74 Å². The molecule has 1 radical (unpaired) electrons. The standard InChI is InChI=1S/C5H8NO4/c1-5(2,10-4-7)3-6(8)9/h3H2,1-2H3. The fraction of sp³-hybridized carbons (Fsp3) is 0.800. The lowest BCUT2D eigenvalue weighted by atomic mass is 10.1. The van der Waals surface area contributed by atoms with Gasteiger partial charge in [-0.05, 0) is 13.8 Å². The van der Waals surface area contributed by atoms with E-state index in [-0.39, 0.29) is 0 Å². The molecule has 0 unspecified atom stereocenters. The Hall–Kier alpha value is -1.13. The van der Waals surface area contributed by atoms with Crippen LogP contribution in [0.3, 0.4) is 0 Å². The highest BCUT2D eigenvalue weighted by molar-refractivity contribution is 5.39. The number of rotatable bonds is 4. The molecule has 0 bridgehead atoms. The zero-order chi connectivity index (χ0) is 8.20. The molecule has 0 aromatic rings. The third kappa shape index (κ3) is 3.82. The number of hydrogen-bond acceptors (Lipinski definition) is 4. The van der Waals surface area contributed by atoms with Crippen molar-refractivity contribution in [3.05, 3.63) is 10.1 Å². The molecule has 0 atom stereocenters. The molecule has 0 heterocycles. The van der Waals surface area contributed by atoms with Crippen molar-refractivity contribution >= 4 is 6.47 Å². The second-order valence-corrected chi connectivity index (χ2v) is 2.44. The summed E-state index contributed by atoms with van der Waals surface area (Å²) in [4.78, 5) is 19.0. The lowest BCUT2D eigenvalue weighted by Gasteiger charge is -2.15. The largest absolute Gasteiger partial charge is 0.444 e. The number of nitrogens with zero attached hydrogens (tertiary/aromatic N) is 1. The molecule has 0 amide bonds. The van der Waals surface area contributed by atoms with Gasteiger partial charge in [-0.15, -0.1) is 0 Å². The van der Waals surface area contributed by atoms with E-state index in [1.807, 2.05) is 0 Å². The average molecular weight is 146 g/mol. The molecule has 57 valence electrons. The Bertz CT molecular complexity index is 143. The normalized spacial score (nSPS) is 10.6. The van der Waals surface area contributed by atoms with E-state index < -0.39 is 17.1 Å². The summed E-state index contributed by atoms with van der Waals surface area (Å²) in [6.07, 6.45) is 0. The lowest BCUT2D eigenvalue weighted by molar-refractivity contribution is -0.497. The molecule has 0 saturated carbocycles. The van der Waals surface area contributed by atoms with Gasteiger partial charge in [0.25, 0.3) is 0 Å². The molecule has 5 nitrogen and oxygen atoms in total. The molecule has 0 aromatic heterocycles. The first-order valence-electron chi connectivity index (χ1n) is 2.65. The third-order valence-electron chi connectivity index (χ3n) is 0.828. The zero-order valence-electron chi connectivity index (χ0n) is 5.79. The fourth-order valence-electron chi connectivity index (χ4n) is 0.456. The monoisotopic (exact) mass is 146 g/mol. The quantitative estimate of drug-likeness (QED) is 0.417. The SMILES string of the molecule is CC(C)(C[N+](=O)[O-])O[C]=O. The van der Waals surface area contributed by atoms with Crippen LogP contribution in [0.25, 0.3) is 0 Å². The Morgan fingerprint density at radius 1 is 1.70 bits per heavy atom. The van der Waals surface area contributed by atoms with Crippen molar-refractivity contribution in [2.24, 2.45) is 0 Å². The second-order valence-electron chi connectivity index (χ2n) is 2.44. The Balaban J connectivity index is 3.85. The Morgan fingerprint density at radius 2 is 2.20 bits per heavy atom. The Kier molecular flexibility index (Phi) is 2.79. The highest BCUT2D eigenvalue weighted by Crippen LogP contribution is 2.06. The number of ether oxygens (including phenoxy) is 1. The van der Waals surface area contributed by atoms with Crippen LogP contribution in [0.4, 0.5) is 0 Å². The molecular weight excluding hydrogens is 138 g/mol. The summed E-state index contributed by atoms with van der Waals surface area (Å²) in [5.74, 6) is 0. The van der Waals surface area contributed by atoms with E-state index in [1.54, 1.807) is 0 Å². The van der Waals surface area contributed by atoms with Crippen molar-refractivity contribution in [1.82, 2.24) is 0 Å². The van der Waals surface area contributed by atoms with Crippen LogP contribution < -0.4 is 0 Å². The van der Waals surface area contributed by atoms with Gasteiger partial charge in [-0.3, -0.25) is 10.1 Å². The van der Waals surface area contributed by atoms with Crippen LogP contribution in [-0.2, 0) is 9.53 Å². The number of hydrogen-bond donors (Lipinski definition) is 0. The van der Waals surface area contributed by atoms with Gasteiger partial charge >= 0.3 is 6.47 Å². The number of carbonyl (C=O) groups excluding carboxylic acids is 1. The van der Waals surface area contributed by atoms with Gasteiger partial charge in [-0.1, -0.05) is 0 Å². The summed E-state index contributed by atoms with van der Waals surface area (Å²) in [5, 5.41) is 9.89. The lowest BCUT2D eigenvalue weighted by Crippen LogP contribution is -2.32. The van der Waals surface area contributed by atoms with Crippen molar-refractivity contribution in [1.29, 1.82) is 0 Å². The van der Waals surface area contributed by atoms with E-state index in [0.717, 1.165) is 6.47 Å². The van der Waals surface area contributed by atoms with Crippen LogP contribution in [0.5, 0.6) is 0 Å². The molecule has 0 spiro atoms. The van der Waals surface area contributed by atoms with Gasteiger partial charge in [-0.25, -0.2) is 4.79 Å². The Morgan fingerprint density at radius 3 is 2.50 bits per heavy atom. The maximum Gasteiger partial charge on any atom is 0.418 e. The molecule has 0 fully saturated rings. The smallest absolute Gasteiger partial charge is 0.418 e. The molecule has 0 rings (SSSR count). The second kappa shape index (κ2) is 3.14. The maximum absolute atomic E-state index is 9.89. The van der Waals surface area contributed by atoms with Gasteiger partial charge in [-0.2, -0.15) is 0 Å². The summed E-state index contributed by atoms with van der Waals surface area (Å²) in [6.45, 7) is 3.65. The van der Waals surface area contributed by atoms with Crippen LogP contribution in [0.15, 0.2) is 0 Å². The molecule has 0 aliphatic rings. The minimum atomic E-state index is -1.05. The van der Waals surface area contributed by atoms with Crippen molar-refractivity contribution in [3.8, 4) is 0 Å². The molecule has 0 aliphatic heterocycles. The van der Waals surface area contributed by atoms with Crippen LogP contribution in [-0.4, -0.2) is 23.5 Å². The fourth-order valence-corrected chi connectivity index (χ4v) is 0.456. The van der Waals surface area contributed by atoms with Gasteiger partial charge in [0.1, 0.15) is 0 Å². The summed E-state index contributed by atoms with van der Waals surface area (Å²) < 4.78 is 4.29. The van der Waals surface area contributed by atoms with Gasteiger partial charge < -0.3 is 4.74 Å². The summed E-state index contributed by atoms with van der Waals surface area (Å²) in [7, 11) is 0. The van der Waals surface area contributed by atoms with Crippen molar-refractivity contribution < 1.29 is 14.5 Å². The van der Waals surface area contributed by atoms with Gasteiger partial charge in [0.05, 0.1) is 0 Å². The summed E-state index contributed by atoms with van der Waals surface area (Å²) in [5.41, 5.74) is -1.05. The minimum Gasteiger partial charge on any atom is -0.444 e. The summed E-state index contributed by atoms with van der Waals surface area (Å²) in [6, 6.07) is 0. The first-order valence-corrected chi connectivity index (χ1v) is 2.65. The third-order valence-corrected chi connectivity index (χ3v) is 0.828. The maximum atomic E-state index is 9.89. The first kappa shape index (κ1) is 8.87. The van der Waals surface area contributed by atoms with Crippen molar-refractivity contribution in [2.75, 3.05) is 6.54 Å². The zero-order valence-corrected chi connectivity index (χ0v) is 5.79. The predicted molar refractivity (Wildman–Crippen MR) is 32.7 cm³/mol. The van der Waals surface area contributed by atoms with Gasteiger partial charge in [0.2, 0.25) is 6.54 Å². The molecule has 5 heteroatoms. The summed E-state index contributed by atoms with van der Waals surface area (Å²) >= 11 is 0. The highest BCUT2D eigenvalue weighted by Gasteiger charge is 2.25. The van der Waals surface area contributed by atoms with Crippen molar-refractivity contribution in [2.45, 2.75) is 19.4 Å². The van der Waals surface area contributed by atoms with E-state index in [0.29, 0.717) is 0 Å². The average Bonchev–Trinajstić information content (AvgIpc) is 1.59. The molecule has 0 saturated heterocycles. The van der Waals surface area contributed by atoms with E-state index in [1.165, 1.54) is 13.8 Å². The van der Waals surface area contributed by atoms with Gasteiger partial charge in [0.15, 0.2) is 5.60 Å². The molecular formula is C5H8NO4. The van der Waals surface area contributed by atoms with E-state index in [9.17, 15) is 14.9 Å². The van der Waals surface area contributed by atoms with Crippen LogP contribution in [0, 0.1) is 10.1 Å². The highest BCUT2D eigenvalue weighted by atomic mass is 16.6. The predicted octanol–water partition coefficient (Wildman–Crippen LogP) is 0.125. The Labute approximate surface area is 58.1 Å².